The van der Waals surface area contributed by atoms with E-state index in [4.69, 9.17) is 4.74 Å². The summed E-state index contributed by atoms with van der Waals surface area (Å²) in [5, 5.41) is 11.1. The molecule has 1 aromatic heterocycles. The Bertz CT molecular complexity index is 2050. The molecule has 248 valence electrons. The highest BCUT2D eigenvalue weighted by molar-refractivity contribution is 8.00. The summed E-state index contributed by atoms with van der Waals surface area (Å²) in [6.45, 7) is 0. The first-order valence-electron chi connectivity index (χ1n) is 16.0. The Morgan fingerprint density at radius 1 is 0.837 bits per heavy atom. The van der Waals surface area contributed by atoms with Gasteiger partial charge in [0.25, 0.3) is 11.8 Å². The molecule has 1 heterocycles. The third-order valence-corrected chi connectivity index (χ3v) is 10.4. The Labute approximate surface area is 293 Å². The minimum Gasteiger partial charge on any atom is -0.465 e. The predicted molar refractivity (Wildman–Crippen MR) is 197 cm³/mol. The molecule has 1 aliphatic carbocycles. The predicted octanol–water partition coefficient (Wildman–Crippen LogP) is 8.10. The van der Waals surface area contributed by atoms with Gasteiger partial charge in [-0.2, -0.15) is 0 Å². The van der Waals surface area contributed by atoms with E-state index in [0.29, 0.717) is 21.8 Å². The Morgan fingerprint density at radius 3 is 2.43 bits per heavy atom. The standard InChI is InChI=1S/C39H35N3O5S2/c1-47-39(46)35-31-20-6-3-7-21-33(31)49-38(35)42-34(43)24-48-29-18-11-17-28(23-29)40-37(45)32(41-36(44)26-13-4-2-5-14-26)22-27-16-10-15-25-12-8-9-19-30(25)27/h2,4-5,8-19,22-23H,3,6-7,20-21,24H2,1H3,(H,40,45)(H,41,44)(H,42,43)/b32-22+. The summed E-state index contributed by atoms with van der Waals surface area (Å²) in [6, 6.07) is 29.5. The van der Waals surface area contributed by atoms with Crippen LogP contribution in [0.3, 0.4) is 0 Å². The van der Waals surface area contributed by atoms with Gasteiger partial charge in [-0.1, -0.05) is 73.2 Å². The third kappa shape index (κ3) is 8.28. The number of fused-ring (bicyclic) bond motifs is 2. The molecule has 3 amide bonds. The number of hydrogen-bond donors (Lipinski definition) is 3. The van der Waals surface area contributed by atoms with Gasteiger partial charge in [0.05, 0.1) is 18.4 Å². The Morgan fingerprint density at radius 2 is 1.59 bits per heavy atom. The number of esters is 1. The van der Waals surface area contributed by atoms with E-state index in [1.54, 1.807) is 48.5 Å². The van der Waals surface area contributed by atoms with Gasteiger partial charge in [-0.3, -0.25) is 14.4 Å². The zero-order chi connectivity index (χ0) is 34.2. The van der Waals surface area contributed by atoms with E-state index in [-0.39, 0.29) is 17.4 Å². The maximum absolute atomic E-state index is 13.7. The van der Waals surface area contributed by atoms with Crippen LogP contribution in [0.2, 0.25) is 0 Å². The molecule has 49 heavy (non-hydrogen) atoms. The summed E-state index contributed by atoms with van der Waals surface area (Å²) in [5.41, 5.74) is 3.26. The highest BCUT2D eigenvalue weighted by Crippen LogP contribution is 2.38. The number of anilines is 2. The highest BCUT2D eigenvalue weighted by atomic mass is 32.2. The van der Waals surface area contributed by atoms with Crippen LogP contribution in [-0.2, 0) is 27.2 Å². The molecule has 6 rings (SSSR count). The average Bonchev–Trinajstić information content (AvgIpc) is 3.29. The number of ether oxygens (including phenoxy) is 1. The van der Waals surface area contributed by atoms with Gasteiger partial charge in [-0.15, -0.1) is 23.1 Å². The van der Waals surface area contributed by atoms with Crippen molar-refractivity contribution in [1.82, 2.24) is 5.32 Å². The molecular weight excluding hydrogens is 655 g/mol. The van der Waals surface area contributed by atoms with Crippen molar-refractivity contribution in [3.8, 4) is 0 Å². The highest BCUT2D eigenvalue weighted by Gasteiger charge is 2.26. The summed E-state index contributed by atoms with van der Waals surface area (Å²) < 4.78 is 5.06. The lowest BCUT2D eigenvalue weighted by Crippen LogP contribution is -2.30. The molecule has 0 saturated carbocycles. The van der Waals surface area contributed by atoms with E-state index in [9.17, 15) is 19.2 Å². The number of methoxy groups -OCH3 is 1. The van der Waals surface area contributed by atoms with Gasteiger partial charge in [-0.05, 0) is 84.0 Å². The fourth-order valence-electron chi connectivity index (χ4n) is 5.80. The fourth-order valence-corrected chi connectivity index (χ4v) is 7.85. The lowest BCUT2D eigenvalue weighted by molar-refractivity contribution is -0.114. The van der Waals surface area contributed by atoms with Crippen LogP contribution >= 0.6 is 23.1 Å². The maximum Gasteiger partial charge on any atom is 0.341 e. The summed E-state index contributed by atoms with van der Waals surface area (Å²) in [7, 11) is 1.36. The van der Waals surface area contributed by atoms with Gasteiger partial charge in [0.1, 0.15) is 10.7 Å². The smallest absolute Gasteiger partial charge is 0.341 e. The number of nitrogens with one attached hydrogen (secondary N) is 3. The van der Waals surface area contributed by atoms with E-state index < -0.39 is 17.8 Å². The lowest BCUT2D eigenvalue weighted by Gasteiger charge is -2.13. The molecule has 0 saturated heterocycles. The zero-order valence-corrected chi connectivity index (χ0v) is 28.5. The number of carbonyl (C=O) groups excluding carboxylic acids is 4. The van der Waals surface area contributed by atoms with Crippen LogP contribution in [0, 0.1) is 0 Å². The number of hydrogen-bond acceptors (Lipinski definition) is 7. The van der Waals surface area contributed by atoms with E-state index in [2.05, 4.69) is 16.0 Å². The number of thiophene rings is 1. The Kier molecular flexibility index (Phi) is 10.9. The first-order valence-corrected chi connectivity index (χ1v) is 17.8. The molecule has 3 N–H and O–H groups in total. The Hall–Kier alpha value is -5.19. The van der Waals surface area contributed by atoms with E-state index >= 15 is 0 Å². The van der Waals surface area contributed by atoms with Crippen LogP contribution in [0.25, 0.3) is 16.8 Å². The van der Waals surface area contributed by atoms with Crippen LogP contribution in [-0.4, -0.2) is 36.6 Å². The lowest BCUT2D eigenvalue weighted by atomic mass is 10.0. The molecule has 0 fully saturated rings. The number of amides is 3. The normalized spacial score (nSPS) is 12.8. The van der Waals surface area contributed by atoms with Gasteiger partial charge in [0.15, 0.2) is 0 Å². The summed E-state index contributed by atoms with van der Waals surface area (Å²) in [4.78, 5) is 54.5. The first-order chi connectivity index (χ1) is 23.9. The van der Waals surface area contributed by atoms with Crippen LogP contribution in [0.1, 0.15) is 56.0 Å². The largest absolute Gasteiger partial charge is 0.465 e. The van der Waals surface area contributed by atoms with Gasteiger partial charge in [-0.25, -0.2) is 4.79 Å². The molecule has 0 bridgehead atoms. The minimum absolute atomic E-state index is 0.0819. The number of carbonyl (C=O) groups is 4. The second-order valence-corrected chi connectivity index (χ2v) is 13.7. The van der Waals surface area contributed by atoms with Crippen LogP contribution < -0.4 is 16.0 Å². The summed E-state index contributed by atoms with van der Waals surface area (Å²) in [5.74, 6) is -1.48. The van der Waals surface area contributed by atoms with E-state index in [0.717, 1.165) is 63.8 Å². The van der Waals surface area contributed by atoms with Gasteiger partial charge >= 0.3 is 5.97 Å². The summed E-state index contributed by atoms with van der Waals surface area (Å²) >= 11 is 2.77. The van der Waals surface area contributed by atoms with Gasteiger partial charge in [0, 0.05) is 21.0 Å². The molecule has 0 radical (unpaired) electrons. The number of aryl methyl sites for hydroxylation is 1. The molecule has 1 aliphatic rings. The third-order valence-electron chi connectivity index (χ3n) is 8.18. The van der Waals surface area contributed by atoms with Crippen LogP contribution in [0.5, 0.6) is 0 Å². The molecule has 0 aliphatic heterocycles. The van der Waals surface area contributed by atoms with Crippen LogP contribution in [0.4, 0.5) is 10.7 Å². The zero-order valence-electron chi connectivity index (χ0n) is 26.9. The minimum atomic E-state index is -0.495. The SMILES string of the molecule is COC(=O)c1c(NC(=O)CSc2cccc(NC(=O)/C(=C\c3cccc4ccccc34)NC(=O)c3ccccc3)c2)sc2c1CCCCC2. The molecule has 0 unspecified atom stereocenters. The number of thioether (sulfide) groups is 1. The fraction of sp³-hybridized carbons (Fsp3) is 0.179. The second kappa shape index (κ2) is 15.8. The van der Waals surface area contributed by atoms with Crippen molar-refractivity contribution < 1.29 is 23.9 Å². The van der Waals surface area contributed by atoms with E-state index in [1.165, 1.54) is 30.2 Å². The Balaban J connectivity index is 1.17. The van der Waals surface area contributed by atoms with Gasteiger partial charge < -0.3 is 20.7 Å². The van der Waals surface area contributed by atoms with Crippen molar-refractivity contribution in [2.24, 2.45) is 0 Å². The van der Waals surface area contributed by atoms with Crippen LogP contribution in [0.15, 0.2) is 108 Å². The average molecular weight is 690 g/mol. The second-order valence-electron chi connectivity index (χ2n) is 11.5. The first kappa shape index (κ1) is 33.7. The van der Waals surface area contributed by atoms with Crippen molar-refractivity contribution in [2.75, 3.05) is 23.5 Å². The van der Waals surface area contributed by atoms with Crippen molar-refractivity contribution in [1.29, 1.82) is 0 Å². The monoisotopic (exact) mass is 689 g/mol. The maximum atomic E-state index is 13.7. The molecule has 10 heteroatoms. The number of benzene rings is 4. The molecule has 0 spiro atoms. The molecule has 0 atom stereocenters. The van der Waals surface area contributed by atoms with Crippen molar-refractivity contribution in [2.45, 2.75) is 37.0 Å². The molecule has 5 aromatic rings. The molecular formula is C39H35N3O5S2. The van der Waals surface area contributed by atoms with Crippen molar-refractivity contribution in [3.63, 3.8) is 0 Å². The van der Waals surface area contributed by atoms with Gasteiger partial charge in [0.2, 0.25) is 5.91 Å². The topological polar surface area (TPSA) is 114 Å². The van der Waals surface area contributed by atoms with Crippen molar-refractivity contribution >= 4 is 74.3 Å². The van der Waals surface area contributed by atoms with E-state index in [1.807, 2.05) is 54.6 Å². The number of rotatable bonds is 10. The molecule has 4 aromatic carbocycles. The summed E-state index contributed by atoms with van der Waals surface area (Å²) in [6.07, 6.45) is 6.54. The molecule has 8 nitrogen and oxygen atoms in total. The van der Waals surface area contributed by atoms with Crippen molar-refractivity contribution in [3.05, 3.63) is 130 Å². The quantitative estimate of drug-likeness (QED) is 0.0591.